The molecule has 0 aliphatic heterocycles. The van der Waals surface area contributed by atoms with E-state index in [1.54, 1.807) is 48.5 Å². The number of ether oxygens (including phenoxy) is 2. The van der Waals surface area contributed by atoms with E-state index in [9.17, 15) is 9.59 Å². The Hall–Kier alpha value is -1.32. The van der Waals surface area contributed by atoms with Crippen LogP contribution in [0.1, 0.15) is 54.9 Å². The molecule has 0 N–H and O–H groups in total. The van der Waals surface area contributed by atoms with Crippen LogP contribution in [-0.4, -0.2) is 23.6 Å². The predicted octanol–water partition coefficient (Wildman–Crippen LogP) is 3.25. The first kappa shape index (κ1) is 17.7. The van der Waals surface area contributed by atoms with Crippen LogP contribution in [0.4, 0.5) is 0 Å². The summed E-state index contributed by atoms with van der Waals surface area (Å²) in [5.74, 6) is -0.693. The topological polar surface area (TPSA) is 52.6 Å². The second-order valence-corrected chi connectivity index (χ2v) is 6.60. The van der Waals surface area contributed by atoms with Gasteiger partial charge in [-0.25, -0.2) is 4.79 Å². The molecule has 1 unspecified atom stereocenters. The number of hydrogen-bond acceptors (Lipinski definition) is 4. The highest BCUT2D eigenvalue weighted by Crippen LogP contribution is 2.23. The Morgan fingerprint density at radius 3 is 2.00 bits per heavy atom. The number of carbonyl (C=O) groups excluding carboxylic acids is 2. The molecule has 4 heteroatoms. The van der Waals surface area contributed by atoms with Crippen molar-refractivity contribution in [3.8, 4) is 0 Å². The summed E-state index contributed by atoms with van der Waals surface area (Å²) < 4.78 is 10.6. The van der Waals surface area contributed by atoms with Crippen molar-refractivity contribution in [2.45, 2.75) is 66.6 Å². The van der Waals surface area contributed by atoms with Gasteiger partial charge in [-0.15, -0.1) is 0 Å². The van der Waals surface area contributed by atoms with Crippen LogP contribution in [0.3, 0.4) is 0 Å². The Labute approximate surface area is 116 Å². The molecular formula is C15H26O4. The Balaban J connectivity index is 4.46. The fourth-order valence-electron chi connectivity index (χ4n) is 1.47. The molecule has 0 aromatic carbocycles. The Bertz CT molecular complexity index is 361. The van der Waals surface area contributed by atoms with Gasteiger partial charge in [0.15, 0.2) is 0 Å². The molecule has 4 nitrogen and oxygen atoms in total. The third kappa shape index (κ3) is 6.99. The fourth-order valence-corrected chi connectivity index (χ4v) is 1.47. The van der Waals surface area contributed by atoms with Crippen molar-refractivity contribution in [1.29, 1.82) is 0 Å². The Kier molecular flexibility index (Phi) is 5.79. The van der Waals surface area contributed by atoms with Gasteiger partial charge in [-0.1, -0.05) is 6.58 Å². The van der Waals surface area contributed by atoms with Crippen LogP contribution in [-0.2, 0) is 19.1 Å². The largest absolute Gasteiger partial charge is 0.462 e. The second kappa shape index (κ2) is 6.22. The highest BCUT2D eigenvalue weighted by molar-refractivity contribution is 5.87. The molecular weight excluding hydrogens is 244 g/mol. The molecule has 110 valence electrons. The van der Waals surface area contributed by atoms with Crippen molar-refractivity contribution >= 4 is 11.9 Å². The highest BCUT2D eigenvalue weighted by atomic mass is 16.6. The van der Waals surface area contributed by atoms with Crippen LogP contribution in [0.15, 0.2) is 12.2 Å². The van der Waals surface area contributed by atoms with Crippen molar-refractivity contribution in [3.05, 3.63) is 12.2 Å². The molecule has 0 heterocycles. The Morgan fingerprint density at radius 2 is 1.63 bits per heavy atom. The van der Waals surface area contributed by atoms with Gasteiger partial charge in [-0.2, -0.15) is 0 Å². The van der Waals surface area contributed by atoms with Crippen LogP contribution in [0.5, 0.6) is 0 Å². The number of hydrogen-bond donors (Lipinski definition) is 0. The summed E-state index contributed by atoms with van der Waals surface area (Å²) in [6, 6.07) is 0. The van der Waals surface area contributed by atoms with E-state index in [0.29, 0.717) is 12.0 Å². The molecule has 0 spiro atoms. The van der Waals surface area contributed by atoms with E-state index in [1.165, 1.54) is 0 Å². The van der Waals surface area contributed by atoms with Gasteiger partial charge < -0.3 is 9.47 Å². The monoisotopic (exact) mass is 270 g/mol. The van der Waals surface area contributed by atoms with Crippen molar-refractivity contribution in [2.24, 2.45) is 5.41 Å². The average molecular weight is 270 g/mol. The average Bonchev–Trinajstić information content (AvgIpc) is 2.13. The molecule has 0 saturated carbocycles. The van der Waals surface area contributed by atoms with Crippen molar-refractivity contribution < 1.29 is 19.1 Å². The van der Waals surface area contributed by atoms with E-state index < -0.39 is 17.0 Å². The minimum absolute atomic E-state index is 0.262. The molecule has 0 amide bonds. The smallest absolute Gasteiger partial charge is 0.333 e. The van der Waals surface area contributed by atoms with E-state index in [4.69, 9.17) is 9.47 Å². The van der Waals surface area contributed by atoms with Gasteiger partial charge in [-0.3, -0.25) is 4.79 Å². The van der Waals surface area contributed by atoms with E-state index >= 15 is 0 Å². The van der Waals surface area contributed by atoms with Gasteiger partial charge >= 0.3 is 11.9 Å². The zero-order valence-corrected chi connectivity index (χ0v) is 13.1. The number of rotatable bonds is 5. The lowest BCUT2D eigenvalue weighted by atomic mass is 9.96. The SMILES string of the molecule is C=C(C)C(=O)OC(C)(C)CC(C)OC(=O)C(C)(C)C. The van der Waals surface area contributed by atoms with Crippen LogP contribution < -0.4 is 0 Å². The minimum atomic E-state index is -0.701. The maximum absolute atomic E-state index is 11.7. The maximum Gasteiger partial charge on any atom is 0.333 e. The first-order valence-electron chi connectivity index (χ1n) is 6.45. The lowest BCUT2D eigenvalue weighted by Crippen LogP contribution is -2.35. The zero-order chi connectivity index (χ0) is 15.4. The standard InChI is InChI=1S/C15H26O4/c1-10(2)12(16)19-15(7,8)9-11(3)18-13(17)14(4,5)6/h11H,1,9H2,2-8H3. The molecule has 0 radical (unpaired) electrons. The van der Waals surface area contributed by atoms with E-state index in [2.05, 4.69) is 6.58 Å². The molecule has 0 bridgehead atoms. The molecule has 0 aromatic rings. The molecule has 0 aliphatic rings. The summed E-state index contributed by atoms with van der Waals surface area (Å²) in [4.78, 5) is 23.2. The minimum Gasteiger partial charge on any atom is -0.462 e. The van der Waals surface area contributed by atoms with Crippen LogP contribution in [0.2, 0.25) is 0 Å². The molecule has 1 atom stereocenters. The lowest BCUT2D eigenvalue weighted by molar-refractivity contribution is -0.164. The summed E-state index contributed by atoms with van der Waals surface area (Å²) >= 11 is 0. The number of carbonyl (C=O) groups is 2. The first-order chi connectivity index (χ1) is 8.35. The lowest BCUT2D eigenvalue weighted by Gasteiger charge is -2.29. The zero-order valence-electron chi connectivity index (χ0n) is 13.1. The van der Waals surface area contributed by atoms with Gasteiger partial charge in [0.25, 0.3) is 0 Å². The summed E-state index contributed by atoms with van der Waals surface area (Å²) in [5.41, 5.74) is -0.882. The Morgan fingerprint density at radius 1 is 1.16 bits per heavy atom. The summed E-state index contributed by atoms with van der Waals surface area (Å²) in [5, 5.41) is 0. The molecule has 0 rings (SSSR count). The van der Waals surface area contributed by atoms with Crippen molar-refractivity contribution in [2.75, 3.05) is 0 Å². The van der Waals surface area contributed by atoms with Crippen LogP contribution >= 0.6 is 0 Å². The van der Waals surface area contributed by atoms with Crippen molar-refractivity contribution in [3.63, 3.8) is 0 Å². The maximum atomic E-state index is 11.7. The van der Waals surface area contributed by atoms with Gasteiger partial charge in [0.1, 0.15) is 11.7 Å². The van der Waals surface area contributed by atoms with E-state index in [1.807, 2.05) is 0 Å². The normalized spacial score (nSPS) is 13.6. The van der Waals surface area contributed by atoms with Gasteiger partial charge in [0.05, 0.1) is 5.41 Å². The molecule has 0 fully saturated rings. The third-order valence-corrected chi connectivity index (χ3v) is 2.42. The first-order valence-corrected chi connectivity index (χ1v) is 6.45. The third-order valence-electron chi connectivity index (χ3n) is 2.42. The molecule has 0 aromatic heterocycles. The second-order valence-electron chi connectivity index (χ2n) is 6.60. The van der Waals surface area contributed by atoms with Crippen LogP contribution in [0, 0.1) is 5.41 Å². The van der Waals surface area contributed by atoms with Gasteiger partial charge in [0, 0.05) is 12.0 Å². The van der Waals surface area contributed by atoms with Crippen molar-refractivity contribution in [1.82, 2.24) is 0 Å². The summed E-state index contributed by atoms with van der Waals surface area (Å²) in [6.45, 7) is 15.9. The summed E-state index contributed by atoms with van der Waals surface area (Å²) in [6.07, 6.45) is 0.119. The van der Waals surface area contributed by atoms with E-state index in [0.717, 1.165) is 0 Å². The molecule has 0 saturated heterocycles. The van der Waals surface area contributed by atoms with E-state index in [-0.39, 0.29) is 12.1 Å². The molecule has 0 aliphatic carbocycles. The predicted molar refractivity (Wildman–Crippen MR) is 74.6 cm³/mol. The fraction of sp³-hybridized carbons (Fsp3) is 0.733. The van der Waals surface area contributed by atoms with Gasteiger partial charge in [0.2, 0.25) is 0 Å². The van der Waals surface area contributed by atoms with Crippen LogP contribution in [0.25, 0.3) is 0 Å². The van der Waals surface area contributed by atoms with Gasteiger partial charge in [-0.05, 0) is 48.5 Å². The highest BCUT2D eigenvalue weighted by Gasteiger charge is 2.30. The molecule has 19 heavy (non-hydrogen) atoms. The quantitative estimate of drug-likeness (QED) is 0.568. The summed E-state index contributed by atoms with van der Waals surface area (Å²) in [7, 11) is 0. The number of esters is 2.